The topological polar surface area (TPSA) is 63.2 Å². The van der Waals surface area contributed by atoms with Crippen LogP contribution >= 0.6 is 15.9 Å². The summed E-state index contributed by atoms with van der Waals surface area (Å²) >= 11 is 3.37. The van der Waals surface area contributed by atoms with Crippen LogP contribution in [0.25, 0.3) is 0 Å². The number of carbonyl (C=O) groups excluding carboxylic acids is 1. The lowest BCUT2D eigenvalue weighted by Gasteiger charge is -2.21. The zero-order valence-corrected chi connectivity index (χ0v) is 13.5. The van der Waals surface area contributed by atoms with Crippen LogP contribution < -0.4 is 5.32 Å². The number of benzene rings is 1. The van der Waals surface area contributed by atoms with Crippen LogP contribution in [0, 0.1) is 0 Å². The second-order valence-electron chi connectivity index (χ2n) is 5.02. The Balaban J connectivity index is 1.94. The molecule has 0 saturated carbocycles. The molecule has 1 aliphatic heterocycles. The molecule has 2 rings (SSSR count). The van der Waals surface area contributed by atoms with Crippen molar-refractivity contribution >= 4 is 31.7 Å². The van der Waals surface area contributed by atoms with Crippen molar-refractivity contribution in [1.29, 1.82) is 0 Å². The molecule has 0 spiro atoms. The average molecular weight is 360 g/mol. The Kier molecular flexibility index (Phi) is 5.21. The minimum absolute atomic E-state index is 0.130. The van der Waals surface area contributed by atoms with Crippen LogP contribution in [-0.2, 0) is 26.5 Å². The Bertz CT molecular complexity index is 569. The average Bonchev–Trinajstić information content (AvgIpc) is 2.45. The van der Waals surface area contributed by atoms with E-state index >= 15 is 0 Å². The molecule has 1 unspecified atom stereocenters. The third kappa shape index (κ3) is 3.82. The quantitative estimate of drug-likeness (QED) is 0.837. The summed E-state index contributed by atoms with van der Waals surface area (Å²) in [7, 11) is -3.26. The Labute approximate surface area is 128 Å². The minimum Gasteiger partial charge on any atom is -0.351 e. The predicted molar refractivity (Wildman–Crippen MR) is 82.3 cm³/mol. The van der Waals surface area contributed by atoms with Gasteiger partial charge < -0.3 is 5.32 Å². The standard InChI is InChI=1S/C14H18BrNO3S/c15-9-11-4-6-12(7-5-11)10-16-14(17)13-3-1-2-8-20(13,18)19/h4-7,13H,1-3,8-10H2,(H,16,17). The summed E-state index contributed by atoms with van der Waals surface area (Å²) < 4.78 is 23.7. The molecule has 0 aliphatic carbocycles. The molecule has 0 bridgehead atoms. The van der Waals surface area contributed by atoms with E-state index in [-0.39, 0.29) is 11.7 Å². The highest BCUT2D eigenvalue weighted by atomic mass is 79.9. The van der Waals surface area contributed by atoms with Crippen LogP contribution in [0.2, 0.25) is 0 Å². The summed E-state index contributed by atoms with van der Waals surface area (Å²) in [5.41, 5.74) is 2.13. The molecular formula is C14H18BrNO3S. The van der Waals surface area contributed by atoms with Crippen molar-refractivity contribution < 1.29 is 13.2 Å². The number of hydrogen-bond donors (Lipinski definition) is 1. The van der Waals surface area contributed by atoms with Crippen LogP contribution in [0.15, 0.2) is 24.3 Å². The monoisotopic (exact) mass is 359 g/mol. The zero-order chi connectivity index (χ0) is 14.6. The van der Waals surface area contributed by atoms with Crippen molar-refractivity contribution in [3.05, 3.63) is 35.4 Å². The van der Waals surface area contributed by atoms with Gasteiger partial charge in [0.2, 0.25) is 5.91 Å². The predicted octanol–water partition coefficient (Wildman–Crippen LogP) is 2.17. The summed E-state index contributed by atoms with van der Waals surface area (Å²) in [6.45, 7) is 0.368. The van der Waals surface area contributed by atoms with Crippen molar-refractivity contribution in [2.24, 2.45) is 0 Å². The fourth-order valence-corrected chi connectivity index (χ4v) is 4.50. The highest BCUT2D eigenvalue weighted by Crippen LogP contribution is 2.19. The van der Waals surface area contributed by atoms with E-state index in [2.05, 4.69) is 21.2 Å². The van der Waals surface area contributed by atoms with Gasteiger partial charge in [-0.3, -0.25) is 4.79 Å². The summed E-state index contributed by atoms with van der Waals surface area (Å²) in [6, 6.07) is 7.83. The van der Waals surface area contributed by atoms with Crippen molar-refractivity contribution in [2.75, 3.05) is 5.75 Å². The molecule has 6 heteroatoms. The summed E-state index contributed by atoms with van der Waals surface area (Å²) in [5.74, 6) is -0.236. The molecule has 1 N–H and O–H groups in total. The maximum Gasteiger partial charge on any atom is 0.238 e. The first-order chi connectivity index (χ1) is 9.53. The molecule has 1 heterocycles. The van der Waals surface area contributed by atoms with E-state index < -0.39 is 15.1 Å². The number of alkyl halides is 1. The molecular weight excluding hydrogens is 342 g/mol. The Morgan fingerprint density at radius 2 is 1.85 bits per heavy atom. The molecule has 1 saturated heterocycles. The fourth-order valence-electron chi connectivity index (χ4n) is 2.30. The van der Waals surface area contributed by atoms with Gasteiger partial charge >= 0.3 is 0 Å². The fraction of sp³-hybridized carbons (Fsp3) is 0.500. The van der Waals surface area contributed by atoms with Crippen LogP contribution in [0.1, 0.15) is 30.4 Å². The van der Waals surface area contributed by atoms with Gasteiger partial charge in [-0.15, -0.1) is 0 Å². The second kappa shape index (κ2) is 6.72. The number of rotatable bonds is 4. The molecule has 1 atom stereocenters. The molecule has 0 aromatic heterocycles. The van der Waals surface area contributed by atoms with E-state index in [4.69, 9.17) is 0 Å². The summed E-state index contributed by atoms with van der Waals surface area (Å²) in [5, 5.41) is 2.66. The third-order valence-electron chi connectivity index (χ3n) is 3.52. The van der Waals surface area contributed by atoms with Crippen LogP contribution in [0.3, 0.4) is 0 Å². The first kappa shape index (κ1) is 15.5. The number of nitrogens with one attached hydrogen (secondary N) is 1. The van der Waals surface area contributed by atoms with Gasteiger partial charge in [0.05, 0.1) is 5.75 Å². The van der Waals surface area contributed by atoms with Crippen molar-refractivity contribution in [3.63, 3.8) is 0 Å². The maximum absolute atomic E-state index is 12.0. The first-order valence-corrected chi connectivity index (χ1v) is 9.49. The lowest BCUT2D eigenvalue weighted by molar-refractivity contribution is -0.121. The van der Waals surface area contributed by atoms with Crippen molar-refractivity contribution in [3.8, 4) is 0 Å². The van der Waals surface area contributed by atoms with Crippen LogP contribution in [-0.4, -0.2) is 25.3 Å². The van der Waals surface area contributed by atoms with Gasteiger partial charge in [-0.05, 0) is 24.0 Å². The molecule has 110 valence electrons. The largest absolute Gasteiger partial charge is 0.351 e. The number of sulfone groups is 1. The SMILES string of the molecule is O=C(NCc1ccc(CBr)cc1)C1CCCCS1(=O)=O. The Hall–Kier alpha value is -0.880. The van der Waals surface area contributed by atoms with E-state index in [0.717, 1.165) is 22.9 Å². The van der Waals surface area contributed by atoms with Gasteiger partial charge in [0.25, 0.3) is 0 Å². The number of hydrogen-bond acceptors (Lipinski definition) is 3. The first-order valence-electron chi connectivity index (χ1n) is 6.66. The van der Waals surface area contributed by atoms with Gasteiger partial charge in [0.15, 0.2) is 9.84 Å². The summed E-state index contributed by atoms with van der Waals surface area (Å²) in [4.78, 5) is 12.0. The van der Waals surface area contributed by atoms with Crippen molar-refractivity contribution in [2.45, 2.75) is 36.4 Å². The molecule has 1 aliphatic rings. The lowest BCUT2D eigenvalue weighted by Crippen LogP contribution is -2.42. The zero-order valence-electron chi connectivity index (χ0n) is 11.1. The number of amides is 1. The molecule has 1 fully saturated rings. The third-order valence-corrected chi connectivity index (χ3v) is 6.34. The Morgan fingerprint density at radius 1 is 1.20 bits per heavy atom. The van der Waals surface area contributed by atoms with Gasteiger partial charge in [0.1, 0.15) is 5.25 Å². The van der Waals surface area contributed by atoms with E-state index in [1.165, 1.54) is 0 Å². The molecule has 1 amide bonds. The lowest BCUT2D eigenvalue weighted by atomic mass is 10.1. The van der Waals surface area contributed by atoms with Gasteiger partial charge in [-0.2, -0.15) is 0 Å². The normalized spacial score (nSPS) is 21.4. The summed E-state index contributed by atoms with van der Waals surface area (Å²) in [6.07, 6.45) is 1.91. The molecule has 1 aromatic rings. The maximum atomic E-state index is 12.0. The molecule has 1 aromatic carbocycles. The van der Waals surface area contributed by atoms with Crippen molar-refractivity contribution in [1.82, 2.24) is 5.32 Å². The highest BCUT2D eigenvalue weighted by molar-refractivity contribution is 9.08. The number of carbonyl (C=O) groups is 1. The van der Waals surface area contributed by atoms with Crippen LogP contribution in [0.4, 0.5) is 0 Å². The molecule has 0 radical (unpaired) electrons. The van der Waals surface area contributed by atoms with E-state index in [1.54, 1.807) is 0 Å². The highest BCUT2D eigenvalue weighted by Gasteiger charge is 2.34. The van der Waals surface area contributed by atoms with Gasteiger partial charge in [-0.1, -0.05) is 46.6 Å². The molecule has 20 heavy (non-hydrogen) atoms. The van der Waals surface area contributed by atoms with E-state index in [0.29, 0.717) is 19.4 Å². The van der Waals surface area contributed by atoms with Crippen LogP contribution in [0.5, 0.6) is 0 Å². The second-order valence-corrected chi connectivity index (χ2v) is 7.88. The molecule has 4 nitrogen and oxygen atoms in total. The van der Waals surface area contributed by atoms with E-state index in [1.807, 2.05) is 24.3 Å². The van der Waals surface area contributed by atoms with E-state index in [9.17, 15) is 13.2 Å². The minimum atomic E-state index is -3.26. The number of halogens is 1. The Morgan fingerprint density at radius 3 is 2.45 bits per heavy atom. The van der Waals surface area contributed by atoms with Gasteiger partial charge in [-0.25, -0.2) is 8.42 Å². The smallest absolute Gasteiger partial charge is 0.238 e. The van der Waals surface area contributed by atoms with Gasteiger partial charge in [0, 0.05) is 11.9 Å².